The quantitative estimate of drug-likeness (QED) is 0.822. The second kappa shape index (κ2) is 6.15. The van der Waals surface area contributed by atoms with E-state index in [1.54, 1.807) is 12.1 Å². The van der Waals surface area contributed by atoms with Gasteiger partial charge in [-0.2, -0.15) is 15.7 Å². The van der Waals surface area contributed by atoms with Crippen LogP contribution in [0.15, 0.2) is 22.8 Å². The van der Waals surface area contributed by atoms with Crippen LogP contribution >= 0.6 is 27.5 Å². The van der Waals surface area contributed by atoms with Crippen LogP contribution in [-0.2, 0) is 0 Å². The van der Waals surface area contributed by atoms with Crippen molar-refractivity contribution < 1.29 is 0 Å². The SMILES string of the molecule is N#CC(=CNc1cc(C#N)c(Br)cc1Cl)c1nn[nH]n1. The van der Waals surface area contributed by atoms with E-state index in [9.17, 15) is 0 Å². The zero-order chi connectivity index (χ0) is 14.5. The van der Waals surface area contributed by atoms with Crippen molar-refractivity contribution in [2.75, 3.05) is 5.32 Å². The lowest BCUT2D eigenvalue weighted by atomic mass is 10.2. The Balaban J connectivity index is 2.31. The lowest BCUT2D eigenvalue weighted by Gasteiger charge is -2.06. The number of hydrogen-bond donors (Lipinski definition) is 2. The van der Waals surface area contributed by atoms with E-state index in [2.05, 4.69) is 41.9 Å². The molecular weight excluding hydrogens is 346 g/mol. The van der Waals surface area contributed by atoms with Crippen molar-refractivity contribution in [3.8, 4) is 12.1 Å². The summed E-state index contributed by atoms with van der Waals surface area (Å²) in [6, 6.07) is 7.11. The molecule has 0 fully saturated rings. The van der Waals surface area contributed by atoms with Crippen molar-refractivity contribution in [3.63, 3.8) is 0 Å². The third-order valence-electron chi connectivity index (χ3n) is 2.26. The average Bonchev–Trinajstić information content (AvgIpc) is 2.95. The molecule has 7 nitrogen and oxygen atoms in total. The fraction of sp³-hybridized carbons (Fsp3) is 0. The van der Waals surface area contributed by atoms with Crippen molar-refractivity contribution in [1.29, 1.82) is 10.5 Å². The summed E-state index contributed by atoms with van der Waals surface area (Å²) in [5.74, 6) is 0.161. The zero-order valence-corrected chi connectivity index (χ0v) is 12.1. The molecule has 1 aromatic heterocycles. The smallest absolute Gasteiger partial charge is 0.216 e. The number of nitrogens with one attached hydrogen (secondary N) is 2. The molecule has 0 aliphatic rings. The first-order valence-electron chi connectivity index (χ1n) is 5.15. The van der Waals surface area contributed by atoms with Crippen LogP contribution in [0.2, 0.25) is 5.02 Å². The molecule has 98 valence electrons. The Kier molecular flexibility index (Phi) is 4.31. The van der Waals surface area contributed by atoms with Crippen LogP contribution in [0.25, 0.3) is 5.57 Å². The first-order chi connectivity index (χ1) is 9.65. The molecule has 0 unspecified atom stereocenters. The second-order valence-corrected chi connectivity index (χ2v) is 4.73. The van der Waals surface area contributed by atoms with E-state index in [0.29, 0.717) is 20.7 Å². The number of H-pyrrole nitrogens is 1. The van der Waals surface area contributed by atoms with Crippen LogP contribution in [-0.4, -0.2) is 20.6 Å². The van der Waals surface area contributed by atoms with Crippen LogP contribution in [0.1, 0.15) is 11.4 Å². The normalized spacial score (nSPS) is 10.7. The van der Waals surface area contributed by atoms with Crippen LogP contribution in [0.5, 0.6) is 0 Å². The zero-order valence-electron chi connectivity index (χ0n) is 9.72. The van der Waals surface area contributed by atoms with Crippen LogP contribution in [0.3, 0.4) is 0 Å². The number of benzene rings is 1. The van der Waals surface area contributed by atoms with E-state index in [0.717, 1.165) is 0 Å². The monoisotopic (exact) mass is 349 g/mol. The van der Waals surface area contributed by atoms with E-state index < -0.39 is 0 Å². The predicted octanol–water partition coefficient (Wildman–Crippen LogP) is 2.46. The molecule has 0 saturated carbocycles. The highest BCUT2D eigenvalue weighted by molar-refractivity contribution is 9.10. The number of aromatic amines is 1. The van der Waals surface area contributed by atoms with Gasteiger partial charge in [0, 0.05) is 10.7 Å². The summed E-state index contributed by atoms with van der Waals surface area (Å²) in [5.41, 5.74) is 1.09. The molecule has 0 saturated heterocycles. The summed E-state index contributed by atoms with van der Waals surface area (Å²) in [5, 5.41) is 34.2. The number of halogens is 2. The van der Waals surface area contributed by atoms with Gasteiger partial charge < -0.3 is 5.32 Å². The third-order valence-corrected chi connectivity index (χ3v) is 3.22. The maximum Gasteiger partial charge on any atom is 0.216 e. The highest BCUT2D eigenvalue weighted by atomic mass is 79.9. The highest BCUT2D eigenvalue weighted by Crippen LogP contribution is 2.29. The number of anilines is 1. The molecular formula is C11H5BrClN7. The molecule has 0 aliphatic heterocycles. The minimum Gasteiger partial charge on any atom is -0.359 e. The lowest BCUT2D eigenvalue weighted by molar-refractivity contribution is 0.881. The highest BCUT2D eigenvalue weighted by Gasteiger charge is 2.08. The van der Waals surface area contributed by atoms with Gasteiger partial charge in [0.1, 0.15) is 17.7 Å². The minimum absolute atomic E-state index is 0.161. The molecule has 20 heavy (non-hydrogen) atoms. The Morgan fingerprint density at radius 2 is 2.25 bits per heavy atom. The van der Waals surface area contributed by atoms with Crippen molar-refractivity contribution in [2.24, 2.45) is 0 Å². The first-order valence-corrected chi connectivity index (χ1v) is 6.32. The van der Waals surface area contributed by atoms with Crippen LogP contribution in [0, 0.1) is 22.7 Å². The predicted molar refractivity (Wildman–Crippen MR) is 75.3 cm³/mol. The van der Waals surface area contributed by atoms with E-state index >= 15 is 0 Å². The first kappa shape index (κ1) is 14.0. The largest absolute Gasteiger partial charge is 0.359 e. The molecule has 0 atom stereocenters. The molecule has 2 aromatic rings. The Hall–Kier alpha value is -2.42. The van der Waals surface area contributed by atoms with Gasteiger partial charge in [-0.15, -0.1) is 10.2 Å². The van der Waals surface area contributed by atoms with Crippen molar-refractivity contribution >= 4 is 38.8 Å². The number of hydrogen-bond acceptors (Lipinski definition) is 6. The molecule has 2 rings (SSSR count). The standard InChI is InChI=1S/C11H5BrClN7/c12-8-2-9(13)10(1-6(8)3-14)16-5-7(4-15)11-17-19-20-18-11/h1-2,5,16H,(H,17,18,19,20). The second-order valence-electron chi connectivity index (χ2n) is 3.47. The van der Waals surface area contributed by atoms with Crippen LogP contribution in [0.4, 0.5) is 5.69 Å². The summed E-state index contributed by atoms with van der Waals surface area (Å²) in [7, 11) is 0. The summed E-state index contributed by atoms with van der Waals surface area (Å²) >= 11 is 9.28. The number of tetrazole rings is 1. The minimum atomic E-state index is 0.161. The maximum atomic E-state index is 9.02. The molecule has 9 heteroatoms. The lowest BCUT2D eigenvalue weighted by Crippen LogP contribution is -1.94. The van der Waals surface area contributed by atoms with Gasteiger partial charge in [-0.25, -0.2) is 0 Å². The number of allylic oxidation sites excluding steroid dienone is 1. The van der Waals surface area contributed by atoms with Gasteiger partial charge in [0.2, 0.25) is 5.82 Å². The van der Waals surface area contributed by atoms with Gasteiger partial charge in [0.05, 0.1) is 16.3 Å². The molecule has 0 aliphatic carbocycles. The Labute approximate surface area is 127 Å². The Bertz CT molecular complexity index is 739. The Morgan fingerprint density at radius 3 is 2.85 bits per heavy atom. The summed E-state index contributed by atoms with van der Waals surface area (Å²) in [6.07, 6.45) is 1.39. The number of nitrogens with zero attached hydrogens (tertiary/aromatic N) is 5. The van der Waals surface area contributed by atoms with E-state index in [1.807, 2.05) is 12.1 Å². The van der Waals surface area contributed by atoms with E-state index in [4.69, 9.17) is 22.1 Å². The van der Waals surface area contributed by atoms with E-state index in [-0.39, 0.29) is 11.4 Å². The maximum absolute atomic E-state index is 9.02. The van der Waals surface area contributed by atoms with Crippen molar-refractivity contribution in [3.05, 3.63) is 39.2 Å². The molecule has 1 aromatic carbocycles. The molecule has 0 spiro atoms. The fourth-order valence-electron chi connectivity index (χ4n) is 1.32. The molecule has 0 radical (unpaired) electrons. The number of aromatic nitrogens is 4. The topological polar surface area (TPSA) is 114 Å². The Morgan fingerprint density at radius 1 is 1.45 bits per heavy atom. The van der Waals surface area contributed by atoms with Crippen molar-refractivity contribution in [2.45, 2.75) is 0 Å². The fourth-order valence-corrected chi connectivity index (χ4v) is 2.10. The summed E-state index contributed by atoms with van der Waals surface area (Å²) in [4.78, 5) is 0. The van der Waals surface area contributed by atoms with Gasteiger partial charge in [0.25, 0.3) is 0 Å². The van der Waals surface area contributed by atoms with E-state index in [1.165, 1.54) is 6.20 Å². The summed E-state index contributed by atoms with van der Waals surface area (Å²) < 4.78 is 0.596. The van der Waals surface area contributed by atoms with Gasteiger partial charge >= 0.3 is 0 Å². The number of rotatable bonds is 3. The van der Waals surface area contributed by atoms with Gasteiger partial charge in [-0.1, -0.05) is 11.6 Å². The molecule has 0 amide bonds. The van der Waals surface area contributed by atoms with Gasteiger partial charge in [-0.3, -0.25) is 0 Å². The third kappa shape index (κ3) is 2.94. The summed E-state index contributed by atoms with van der Waals surface area (Å²) in [6.45, 7) is 0. The average molecular weight is 351 g/mol. The number of nitriles is 2. The van der Waals surface area contributed by atoms with Gasteiger partial charge in [-0.05, 0) is 33.3 Å². The molecule has 1 heterocycles. The molecule has 0 bridgehead atoms. The van der Waals surface area contributed by atoms with Crippen LogP contribution < -0.4 is 5.32 Å². The molecule has 2 N–H and O–H groups in total. The van der Waals surface area contributed by atoms with Gasteiger partial charge in [0.15, 0.2) is 0 Å². The van der Waals surface area contributed by atoms with Crippen molar-refractivity contribution in [1.82, 2.24) is 20.6 Å².